The van der Waals surface area contributed by atoms with Crippen LogP contribution in [0.3, 0.4) is 0 Å². The summed E-state index contributed by atoms with van der Waals surface area (Å²) in [4.78, 5) is 1.10. The minimum atomic E-state index is 0.576. The minimum absolute atomic E-state index is 0.576. The highest BCUT2D eigenvalue weighted by Crippen LogP contribution is 2.34. The first-order valence-corrected chi connectivity index (χ1v) is 5.34. The fraction of sp³-hybridized carbons (Fsp3) is 0.222. The number of nitrogens with zero attached hydrogens (tertiary/aromatic N) is 2. The van der Waals surface area contributed by atoms with Crippen LogP contribution in [0.5, 0.6) is 0 Å². The number of nitrogens with two attached hydrogens (primary N) is 1. The molecule has 0 unspecified atom stereocenters. The molecule has 0 aromatic carbocycles. The molecule has 2 rings (SSSR count). The summed E-state index contributed by atoms with van der Waals surface area (Å²) in [5.41, 5.74) is 7.77. The number of hydrogen-bond donors (Lipinski definition) is 1. The Morgan fingerprint density at radius 1 is 1.50 bits per heavy atom. The third-order valence-corrected chi connectivity index (χ3v) is 3.37. The molecule has 2 N–H and O–H groups in total. The number of anilines is 1. The normalized spacial score (nSPS) is 10.8. The van der Waals surface area contributed by atoms with Gasteiger partial charge in [0.25, 0.3) is 0 Å². The zero-order chi connectivity index (χ0) is 10.3. The van der Waals surface area contributed by atoms with Gasteiger partial charge in [-0.1, -0.05) is 11.6 Å². The van der Waals surface area contributed by atoms with Crippen molar-refractivity contribution in [1.82, 2.24) is 9.78 Å². The lowest BCUT2D eigenvalue weighted by Gasteiger charge is -1.98. The third kappa shape index (κ3) is 1.40. The summed E-state index contributed by atoms with van der Waals surface area (Å²) in [6, 6.07) is 3.86. The Hall–Kier alpha value is -1.000. The van der Waals surface area contributed by atoms with Crippen molar-refractivity contribution in [2.45, 2.75) is 6.92 Å². The maximum atomic E-state index is 5.88. The lowest BCUT2D eigenvalue weighted by atomic mass is 10.2. The Labute approximate surface area is 91.1 Å². The summed E-state index contributed by atoms with van der Waals surface area (Å²) in [7, 11) is 1.88. The van der Waals surface area contributed by atoms with Gasteiger partial charge in [0.15, 0.2) is 0 Å². The molecule has 74 valence electrons. The van der Waals surface area contributed by atoms with E-state index in [1.165, 1.54) is 11.3 Å². The molecular formula is C9H10ClN3S. The lowest BCUT2D eigenvalue weighted by Crippen LogP contribution is -1.93. The van der Waals surface area contributed by atoms with Crippen LogP contribution in [-0.2, 0) is 7.05 Å². The first-order valence-electron chi connectivity index (χ1n) is 4.14. The van der Waals surface area contributed by atoms with Crippen molar-refractivity contribution in [3.05, 3.63) is 22.0 Å². The molecular weight excluding hydrogens is 218 g/mol. The first kappa shape index (κ1) is 9.55. The average Bonchev–Trinajstić information content (AvgIpc) is 2.60. The van der Waals surface area contributed by atoms with Gasteiger partial charge in [-0.25, -0.2) is 0 Å². The van der Waals surface area contributed by atoms with Crippen LogP contribution in [0.4, 0.5) is 5.82 Å². The predicted molar refractivity (Wildman–Crippen MR) is 60.7 cm³/mol. The van der Waals surface area contributed by atoms with E-state index in [0.29, 0.717) is 5.82 Å². The fourth-order valence-electron chi connectivity index (χ4n) is 1.44. The number of nitrogen functional groups attached to an aromatic ring is 1. The van der Waals surface area contributed by atoms with Gasteiger partial charge in [0.1, 0.15) is 5.82 Å². The molecule has 0 bridgehead atoms. The van der Waals surface area contributed by atoms with Crippen LogP contribution in [0.2, 0.25) is 4.34 Å². The van der Waals surface area contributed by atoms with Gasteiger partial charge in [-0.05, 0) is 19.1 Å². The molecule has 0 spiro atoms. The summed E-state index contributed by atoms with van der Waals surface area (Å²) in [5, 5.41) is 4.15. The van der Waals surface area contributed by atoms with E-state index < -0.39 is 0 Å². The van der Waals surface area contributed by atoms with Crippen LogP contribution in [0, 0.1) is 6.92 Å². The van der Waals surface area contributed by atoms with Gasteiger partial charge in [0.05, 0.1) is 14.9 Å². The Kier molecular flexibility index (Phi) is 2.25. The smallest absolute Gasteiger partial charge is 0.149 e. The predicted octanol–water partition coefficient (Wildman–Crippen LogP) is 2.69. The average molecular weight is 228 g/mol. The lowest BCUT2D eigenvalue weighted by molar-refractivity contribution is 0.781. The Bertz CT molecular complexity index is 472. The van der Waals surface area contributed by atoms with Gasteiger partial charge in [0.2, 0.25) is 0 Å². The van der Waals surface area contributed by atoms with E-state index in [4.69, 9.17) is 17.3 Å². The molecule has 0 radical (unpaired) electrons. The second kappa shape index (κ2) is 3.29. The highest BCUT2D eigenvalue weighted by molar-refractivity contribution is 7.19. The highest BCUT2D eigenvalue weighted by atomic mass is 35.5. The van der Waals surface area contributed by atoms with Crippen LogP contribution >= 0.6 is 22.9 Å². The summed E-state index contributed by atoms with van der Waals surface area (Å²) in [6.07, 6.45) is 0. The van der Waals surface area contributed by atoms with Gasteiger partial charge in [-0.2, -0.15) is 5.10 Å². The Balaban J connectivity index is 2.61. The topological polar surface area (TPSA) is 43.8 Å². The zero-order valence-electron chi connectivity index (χ0n) is 7.91. The van der Waals surface area contributed by atoms with Crippen molar-refractivity contribution in [2.24, 2.45) is 7.05 Å². The number of aryl methyl sites for hydroxylation is 1. The molecule has 0 fully saturated rings. The largest absolute Gasteiger partial charge is 0.382 e. The SMILES string of the molecule is Cc1c(N)nn(C)c1-c1ccc(Cl)s1. The van der Waals surface area contributed by atoms with Crippen molar-refractivity contribution in [2.75, 3.05) is 5.73 Å². The zero-order valence-corrected chi connectivity index (χ0v) is 9.49. The van der Waals surface area contributed by atoms with E-state index >= 15 is 0 Å². The maximum absolute atomic E-state index is 5.88. The van der Waals surface area contributed by atoms with Crippen molar-refractivity contribution >= 4 is 28.8 Å². The van der Waals surface area contributed by atoms with Crippen LogP contribution in [0.1, 0.15) is 5.56 Å². The van der Waals surface area contributed by atoms with E-state index in [1.54, 1.807) is 4.68 Å². The Morgan fingerprint density at radius 3 is 2.64 bits per heavy atom. The molecule has 0 aliphatic carbocycles. The quantitative estimate of drug-likeness (QED) is 0.814. The van der Waals surface area contributed by atoms with Gasteiger partial charge in [0, 0.05) is 12.6 Å². The van der Waals surface area contributed by atoms with Crippen molar-refractivity contribution in [3.63, 3.8) is 0 Å². The number of hydrogen-bond acceptors (Lipinski definition) is 3. The van der Waals surface area contributed by atoms with E-state index in [-0.39, 0.29) is 0 Å². The first-order chi connectivity index (χ1) is 6.59. The molecule has 0 amide bonds. The number of aromatic nitrogens is 2. The molecule has 0 atom stereocenters. The summed E-state index contributed by atoms with van der Waals surface area (Å²) in [5.74, 6) is 0.576. The van der Waals surface area contributed by atoms with Gasteiger partial charge in [-0.15, -0.1) is 11.3 Å². The van der Waals surface area contributed by atoms with E-state index in [2.05, 4.69) is 5.10 Å². The second-order valence-corrected chi connectivity index (χ2v) is 4.80. The molecule has 3 nitrogen and oxygen atoms in total. The summed E-state index contributed by atoms with van der Waals surface area (Å²) in [6.45, 7) is 1.96. The fourth-order valence-corrected chi connectivity index (χ4v) is 2.61. The van der Waals surface area contributed by atoms with Crippen molar-refractivity contribution in [1.29, 1.82) is 0 Å². The standard InChI is InChI=1S/C9H10ClN3S/c1-5-8(13(2)12-9(5)11)6-3-4-7(10)14-6/h3-4H,1-2H3,(H2,11,12). The van der Waals surface area contributed by atoms with Crippen molar-refractivity contribution < 1.29 is 0 Å². The van der Waals surface area contributed by atoms with Crippen molar-refractivity contribution in [3.8, 4) is 10.6 Å². The summed E-state index contributed by atoms with van der Waals surface area (Å²) < 4.78 is 2.56. The monoisotopic (exact) mass is 227 g/mol. The molecule has 2 aromatic heterocycles. The second-order valence-electron chi connectivity index (χ2n) is 3.09. The van der Waals surface area contributed by atoms with Crippen LogP contribution in [0.15, 0.2) is 12.1 Å². The van der Waals surface area contributed by atoms with Crippen LogP contribution < -0.4 is 5.73 Å². The molecule has 5 heteroatoms. The van der Waals surface area contributed by atoms with Gasteiger partial charge >= 0.3 is 0 Å². The highest BCUT2D eigenvalue weighted by Gasteiger charge is 2.13. The van der Waals surface area contributed by atoms with E-state index in [9.17, 15) is 0 Å². The van der Waals surface area contributed by atoms with Crippen LogP contribution in [-0.4, -0.2) is 9.78 Å². The molecule has 14 heavy (non-hydrogen) atoms. The number of halogens is 1. The molecule has 0 saturated carbocycles. The molecule has 0 aliphatic heterocycles. The number of thiophene rings is 1. The molecule has 2 aromatic rings. The van der Waals surface area contributed by atoms with E-state index in [0.717, 1.165) is 20.5 Å². The Morgan fingerprint density at radius 2 is 2.21 bits per heavy atom. The van der Waals surface area contributed by atoms with E-state index in [1.807, 2.05) is 26.1 Å². The number of rotatable bonds is 1. The molecule has 2 heterocycles. The van der Waals surface area contributed by atoms with Crippen LogP contribution in [0.25, 0.3) is 10.6 Å². The third-order valence-electron chi connectivity index (χ3n) is 2.13. The minimum Gasteiger partial charge on any atom is -0.382 e. The van der Waals surface area contributed by atoms with Gasteiger partial charge < -0.3 is 5.73 Å². The van der Waals surface area contributed by atoms with Gasteiger partial charge in [-0.3, -0.25) is 4.68 Å². The maximum Gasteiger partial charge on any atom is 0.149 e. The summed E-state index contributed by atoms with van der Waals surface area (Å²) >= 11 is 7.41. The molecule has 0 saturated heterocycles. The molecule has 0 aliphatic rings.